The smallest absolute Gasteiger partial charge is 0.306 e. The number of hydrogen-bond donors (Lipinski definition) is 0. The predicted molar refractivity (Wildman–Crippen MR) is 95.3 cm³/mol. The molecule has 0 N–H and O–H groups in total. The molecule has 0 bridgehead atoms. The van der Waals surface area contributed by atoms with Crippen molar-refractivity contribution in [3.63, 3.8) is 0 Å². The molecule has 8 heteroatoms. The third kappa shape index (κ3) is 4.58. The van der Waals surface area contributed by atoms with Crippen LogP contribution in [-0.4, -0.2) is 38.0 Å². The van der Waals surface area contributed by atoms with Gasteiger partial charge in [-0.25, -0.2) is 13.4 Å². The van der Waals surface area contributed by atoms with Gasteiger partial charge in [-0.3, -0.25) is 4.79 Å². The van der Waals surface area contributed by atoms with Crippen LogP contribution in [-0.2, 0) is 26.0 Å². The summed E-state index contributed by atoms with van der Waals surface area (Å²) >= 11 is 1.45. The number of methoxy groups -OCH3 is 1. The van der Waals surface area contributed by atoms with E-state index in [9.17, 15) is 13.2 Å². The molecular formula is C17H19NO5S2. The molecule has 0 radical (unpaired) electrons. The Kier molecular flexibility index (Phi) is 5.39. The van der Waals surface area contributed by atoms with Gasteiger partial charge >= 0.3 is 5.97 Å². The number of carbonyl (C=O) groups is 1. The first-order chi connectivity index (χ1) is 12.0. The van der Waals surface area contributed by atoms with E-state index in [1.54, 1.807) is 7.11 Å². The molecule has 1 aromatic heterocycles. The third-order valence-electron chi connectivity index (χ3n) is 4.05. The molecule has 1 saturated heterocycles. The average Bonchev–Trinajstić information content (AvgIpc) is 3.19. The molecule has 1 unspecified atom stereocenters. The van der Waals surface area contributed by atoms with Crippen molar-refractivity contribution in [2.75, 3.05) is 18.6 Å². The lowest BCUT2D eigenvalue weighted by molar-refractivity contribution is -0.146. The molecule has 1 aliphatic heterocycles. The van der Waals surface area contributed by atoms with Crippen LogP contribution in [0.3, 0.4) is 0 Å². The Hall–Kier alpha value is -1.93. The van der Waals surface area contributed by atoms with Gasteiger partial charge in [0.1, 0.15) is 17.4 Å². The number of ether oxygens (including phenoxy) is 2. The van der Waals surface area contributed by atoms with E-state index in [4.69, 9.17) is 9.47 Å². The van der Waals surface area contributed by atoms with Crippen LogP contribution in [0.25, 0.3) is 10.6 Å². The van der Waals surface area contributed by atoms with Crippen LogP contribution >= 0.6 is 11.3 Å². The predicted octanol–water partition coefficient (Wildman–Crippen LogP) is 2.69. The topological polar surface area (TPSA) is 82.6 Å². The van der Waals surface area contributed by atoms with E-state index in [0.29, 0.717) is 12.1 Å². The van der Waals surface area contributed by atoms with Gasteiger partial charge in [0.25, 0.3) is 0 Å². The van der Waals surface area contributed by atoms with E-state index in [1.807, 2.05) is 29.6 Å². The highest BCUT2D eigenvalue weighted by Crippen LogP contribution is 2.32. The second-order valence-electron chi connectivity index (χ2n) is 5.98. The molecule has 0 spiro atoms. The zero-order valence-electron chi connectivity index (χ0n) is 13.8. The van der Waals surface area contributed by atoms with Crippen molar-refractivity contribution >= 4 is 27.1 Å². The lowest BCUT2D eigenvalue weighted by Gasteiger charge is -2.07. The van der Waals surface area contributed by atoms with Gasteiger partial charge in [-0.15, -0.1) is 11.3 Å². The number of sulfone groups is 1. The highest BCUT2D eigenvalue weighted by atomic mass is 32.2. The van der Waals surface area contributed by atoms with Gasteiger partial charge < -0.3 is 9.47 Å². The first-order valence-corrected chi connectivity index (χ1v) is 10.6. The molecule has 1 fully saturated rings. The molecule has 6 nitrogen and oxygen atoms in total. The standard InChI is InChI=1S/C17H19NO5S2/c1-22-15-5-3-2-4-14(15)17-18-13(10-24-17)9-23-16(19)8-12-6-7-25(20,21)11-12/h2-5,10,12H,6-9,11H2,1H3. The average molecular weight is 381 g/mol. The van der Waals surface area contributed by atoms with Crippen molar-refractivity contribution in [2.45, 2.75) is 19.4 Å². The number of aromatic nitrogens is 1. The van der Waals surface area contributed by atoms with Crippen LogP contribution in [0.2, 0.25) is 0 Å². The second kappa shape index (κ2) is 7.53. The van der Waals surface area contributed by atoms with E-state index in [2.05, 4.69) is 4.98 Å². The summed E-state index contributed by atoms with van der Waals surface area (Å²) in [6.07, 6.45) is 0.675. The van der Waals surface area contributed by atoms with Crippen molar-refractivity contribution in [2.24, 2.45) is 5.92 Å². The highest BCUT2D eigenvalue weighted by Gasteiger charge is 2.29. The minimum atomic E-state index is -2.97. The summed E-state index contributed by atoms with van der Waals surface area (Å²) in [5.74, 6) is 0.477. The molecule has 1 aliphatic rings. The number of rotatable bonds is 6. The molecule has 134 valence electrons. The maximum absolute atomic E-state index is 11.9. The summed E-state index contributed by atoms with van der Waals surface area (Å²) in [6.45, 7) is 0.0873. The molecule has 0 aliphatic carbocycles. The minimum absolute atomic E-state index is 0.0801. The van der Waals surface area contributed by atoms with Crippen molar-refractivity contribution in [3.8, 4) is 16.3 Å². The van der Waals surface area contributed by atoms with Crippen LogP contribution in [0.15, 0.2) is 29.6 Å². The lowest BCUT2D eigenvalue weighted by Crippen LogP contribution is -2.13. The van der Waals surface area contributed by atoms with Gasteiger partial charge in [-0.1, -0.05) is 12.1 Å². The number of nitrogens with zero attached hydrogens (tertiary/aromatic N) is 1. The van der Waals surface area contributed by atoms with Crippen molar-refractivity contribution in [1.29, 1.82) is 0 Å². The van der Waals surface area contributed by atoms with Crippen LogP contribution in [0.4, 0.5) is 0 Å². The zero-order chi connectivity index (χ0) is 17.9. The number of para-hydroxylation sites is 1. The van der Waals surface area contributed by atoms with E-state index in [0.717, 1.165) is 16.3 Å². The van der Waals surface area contributed by atoms with Crippen LogP contribution in [0, 0.1) is 5.92 Å². The van der Waals surface area contributed by atoms with E-state index < -0.39 is 9.84 Å². The van der Waals surface area contributed by atoms with Gasteiger partial charge in [0.05, 0.1) is 29.9 Å². The number of carbonyl (C=O) groups excluding carboxylic acids is 1. The maximum atomic E-state index is 11.9. The molecule has 3 rings (SSSR count). The molecule has 25 heavy (non-hydrogen) atoms. The van der Waals surface area contributed by atoms with E-state index >= 15 is 0 Å². The first kappa shape index (κ1) is 17.9. The van der Waals surface area contributed by atoms with E-state index in [1.165, 1.54) is 11.3 Å². The number of thiazole rings is 1. The Morgan fingerprint density at radius 3 is 2.88 bits per heavy atom. The normalized spacial score (nSPS) is 18.8. The first-order valence-electron chi connectivity index (χ1n) is 7.90. The van der Waals surface area contributed by atoms with Crippen molar-refractivity contribution < 1.29 is 22.7 Å². The van der Waals surface area contributed by atoms with Crippen molar-refractivity contribution in [1.82, 2.24) is 4.98 Å². The van der Waals surface area contributed by atoms with Gasteiger partial charge in [-0.05, 0) is 24.5 Å². The summed E-state index contributed by atoms with van der Waals surface area (Å²) in [7, 11) is -1.36. The largest absolute Gasteiger partial charge is 0.496 e. The summed E-state index contributed by atoms with van der Waals surface area (Å²) < 4.78 is 33.4. The molecule has 0 amide bonds. The molecule has 1 aromatic carbocycles. The summed E-state index contributed by atoms with van der Waals surface area (Å²) in [4.78, 5) is 16.4. The molecule has 2 aromatic rings. The lowest BCUT2D eigenvalue weighted by atomic mass is 10.1. The van der Waals surface area contributed by atoms with Crippen LogP contribution in [0.1, 0.15) is 18.5 Å². The van der Waals surface area contributed by atoms with Crippen LogP contribution in [0.5, 0.6) is 5.75 Å². The van der Waals surface area contributed by atoms with Gasteiger partial charge in [-0.2, -0.15) is 0 Å². The quantitative estimate of drug-likeness (QED) is 0.716. The maximum Gasteiger partial charge on any atom is 0.306 e. The monoisotopic (exact) mass is 381 g/mol. The Balaban J connectivity index is 1.56. The van der Waals surface area contributed by atoms with Crippen molar-refractivity contribution in [3.05, 3.63) is 35.3 Å². The Morgan fingerprint density at radius 2 is 2.16 bits per heavy atom. The van der Waals surface area contributed by atoms with Crippen LogP contribution < -0.4 is 4.74 Å². The molecule has 2 heterocycles. The number of benzene rings is 1. The Morgan fingerprint density at radius 1 is 1.36 bits per heavy atom. The fourth-order valence-electron chi connectivity index (χ4n) is 2.80. The molecule has 1 atom stereocenters. The van der Waals surface area contributed by atoms with Gasteiger partial charge in [0.2, 0.25) is 0 Å². The Bertz CT molecular complexity index is 859. The SMILES string of the molecule is COc1ccccc1-c1nc(COC(=O)CC2CCS(=O)(=O)C2)cs1. The molecule has 0 saturated carbocycles. The minimum Gasteiger partial charge on any atom is -0.496 e. The van der Waals surface area contributed by atoms with Gasteiger partial charge in [0, 0.05) is 11.8 Å². The fourth-order valence-corrected chi connectivity index (χ4v) is 5.50. The summed E-state index contributed by atoms with van der Waals surface area (Å²) in [6, 6.07) is 7.59. The fraction of sp³-hybridized carbons (Fsp3) is 0.412. The summed E-state index contributed by atoms with van der Waals surface area (Å²) in [5.41, 5.74) is 1.56. The number of hydrogen-bond acceptors (Lipinski definition) is 7. The Labute approximate surface area is 150 Å². The third-order valence-corrected chi connectivity index (χ3v) is 6.81. The van der Waals surface area contributed by atoms with Gasteiger partial charge in [0.15, 0.2) is 9.84 Å². The van der Waals surface area contributed by atoms with E-state index in [-0.39, 0.29) is 36.4 Å². The highest BCUT2D eigenvalue weighted by molar-refractivity contribution is 7.91. The molecular weight excluding hydrogens is 362 g/mol. The second-order valence-corrected chi connectivity index (χ2v) is 9.06. The summed E-state index contributed by atoms with van der Waals surface area (Å²) in [5, 5.41) is 2.64. The zero-order valence-corrected chi connectivity index (χ0v) is 15.4. The number of esters is 1.